The molecule has 2 heterocycles. The van der Waals surface area contributed by atoms with Gasteiger partial charge in [-0.25, -0.2) is 0 Å². The molecule has 1 saturated heterocycles. The first-order valence-corrected chi connectivity index (χ1v) is 8.04. The molecule has 2 bridgehead atoms. The van der Waals surface area contributed by atoms with Gasteiger partial charge in [-0.3, -0.25) is 9.58 Å². The second-order valence-corrected chi connectivity index (χ2v) is 6.83. The fourth-order valence-electron chi connectivity index (χ4n) is 3.55. The smallest absolute Gasteiger partial charge is 0.0964 e. The molecular formula is C15H27N5. The lowest BCUT2D eigenvalue weighted by molar-refractivity contribution is 0.203. The fourth-order valence-corrected chi connectivity index (χ4v) is 3.55. The Morgan fingerprint density at radius 2 is 2.25 bits per heavy atom. The average molecular weight is 277 g/mol. The maximum atomic E-state index is 4.24. The van der Waals surface area contributed by atoms with E-state index in [9.17, 15) is 0 Å². The number of nitrogens with zero attached hydrogens (tertiary/aromatic N) is 4. The number of rotatable bonds is 7. The van der Waals surface area contributed by atoms with Crippen LogP contribution in [0.2, 0.25) is 0 Å². The molecule has 20 heavy (non-hydrogen) atoms. The van der Waals surface area contributed by atoms with E-state index < -0.39 is 0 Å². The molecule has 1 aliphatic heterocycles. The van der Waals surface area contributed by atoms with Crippen molar-refractivity contribution in [3.63, 3.8) is 0 Å². The van der Waals surface area contributed by atoms with Gasteiger partial charge in [-0.2, -0.15) is 0 Å². The van der Waals surface area contributed by atoms with Crippen molar-refractivity contribution in [3.05, 3.63) is 11.9 Å². The monoisotopic (exact) mass is 277 g/mol. The van der Waals surface area contributed by atoms with Crippen LogP contribution in [0.1, 0.15) is 38.8 Å². The van der Waals surface area contributed by atoms with Crippen molar-refractivity contribution in [2.24, 2.45) is 11.8 Å². The van der Waals surface area contributed by atoms with E-state index >= 15 is 0 Å². The number of likely N-dealkylation sites (tertiary alicyclic amines) is 1. The van der Waals surface area contributed by atoms with Gasteiger partial charge in [0.1, 0.15) is 0 Å². The SMILES string of the molecule is CC(C)CNCc1cn(CCN2CC3CCC2C3)nn1. The van der Waals surface area contributed by atoms with Gasteiger partial charge in [0, 0.05) is 31.9 Å². The van der Waals surface area contributed by atoms with Crippen LogP contribution in [0.4, 0.5) is 0 Å². The molecule has 1 aromatic heterocycles. The summed E-state index contributed by atoms with van der Waals surface area (Å²) in [6, 6.07) is 0.857. The lowest BCUT2D eigenvalue weighted by Crippen LogP contribution is -2.34. The Kier molecular flexibility index (Phi) is 4.36. The third kappa shape index (κ3) is 3.38. The first kappa shape index (κ1) is 14.0. The standard InChI is InChI=1S/C15H27N5/c1-12(2)8-16-9-14-11-20(18-17-14)6-5-19-10-13-3-4-15(19)7-13/h11-13,15-16H,3-10H2,1-2H3. The molecule has 0 spiro atoms. The summed E-state index contributed by atoms with van der Waals surface area (Å²) in [4.78, 5) is 2.65. The van der Waals surface area contributed by atoms with Crippen LogP contribution in [0, 0.1) is 11.8 Å². The molecule has 2 fully saturated rings. The molecular weight excluding hydrogens is 250 g/mol. The summed E-state index contributed by atoms with van der Waals surface area (Å²) in [7, 11) is 0. The molecule has 0 aromatic carbocycles. The van der Waals surface area contributed by atoms with E-state index in [1.807, 2.05) is 4.68 Å². The molecule has 0 radical (unpaired) electrons. The van der Waals surface area contributed by atoms with Crippen LogP contribution in [0.15, 0.2) is 6.20 Å². The number of hydrogen-bond acceptors (Lipinski definition) is 4. The van der Waals surface area contributed by atoms with E-state index in [0.717, 1.165) is 43.8 Å². The third-order valence-corrected chi connectivity index (χ3v) is 4.58. The van der Waals surface area contributed by atoms with Gasteiger partial charge < -0.3 is 5.32 Å². The van der Waals surface area contributed by atoms with Crippen LogP contribution in [0.25, 0.3) is 0 Å². The molecule has 5 nitrogen and oxygen atoms in total. The van der Waals surface area contributed by atoms with Crippen LogP contribution >= 0.6 is 0 Å². The minimum absolute atomic E-state index is 0.677. The quantitative estimate of drug-likeness (QED) is 0.820. The second kappa shape index (κ2) is 6.22. The van der Waals surface area contributed by atoms with Crippen LogP contribution in [0.5, 0.6) is 0 Å². The lowest BCUT2D eigenvalue weighted by atomic mass is 10.1. The van der Waals surface area contributed by atoms with Crippen molar-refractivity contribution >= 4 is 0 Å². The molecule has 1 N–H and O–H groups in total. The normalized spacial score (nSPS) is 25.9. The van der Waals surface area contributed by atoms with Gasteiger partial charge in [0.25, 0.3) is 0 Å². The largest absolute Gasteiger partial charge is 0.311 e. The van der Waals surface area contributed by atoms with Gasteiger partial charge in [-0.15, -0.1) is 5.10 Å². The summed E-state index contributed by atoms with van der Waals surface area (Å²) in [6.07, 6.45) is 6.38. The lowest BCUT2D eigenvalue weighted by Gasteiger charge is -2.26. The number of aromatic nitrogens is 3. The van der Waals surface area contributed by atoms with Gasteiger partial charge in [-0.05, 0) is 37.6 Å². The van der Waals surface area contributed by atoms with Crippen LogP contribution < -0.4 is 5.32 Å². The molecule has 1 aromatic rings. The van der Waals surface area contributed by atoms with Crippen LogP contribution in [-0.4, -0.2) is 45.6 Å². The van der Waals surface area contributed by atoms with Gasteiger partial charge in [0.05, 0.1) is 12.2 Å². The Balaban J connectivity index is 1.41. The Hall–Kier alpha value is -0.940. The molecule has 1 saturated carbocycles. The average Bonchev–Trinajstić information content (AvgIpc) is 3.12. The van der Waals surface area contributed by atoms with Crippen molar-refractivity contribution in [3.8, 4) is 0 Å². The predicted molar refractivity (Wildman–Crippen MR) is 79.3 cm³/mol. The molecule has 2 unspecified atom stereocenters. The van der Waals surface area contributed by atoms with Crippen LogP contribution in [-0.2, 0) is 13.1 Å². The van der Waals surface area contributed by atoms with Crippen molar-refractivity contribution in [1.82, 2.24) is 25.2 Å². The summed E-state index contributed by atoms with van der Waals surface area (Å²) < 4.78 is 2.00. The highest BCUT2D eigenvalue weighted by Crippen LogP contribution is 2.36. The number of piperidine rings is 1. The summed E-state index contributed by atoms with van der Waals surface area (Å²) in [5.41, 5.74) is 1.05. The van der Waals surface area contributed by atoms with E-state index in [1.165, 1.54) is 25.8 Å². The van der Waals surface area contributed by atoms with Crippen LogP contribution in [0.3, 0.4) is 0 Å². The molecule has 5 heteroatoms. The maximum absolute atomic E-state index is 4.24. The molecule has 1 aliphatic carbocycles. The highest BCUT2D eigenvalue weighted by Gasteiger charge is 2.37. The number of fused-ring (bicyclic) bond motifs is 2. The number of hydrogen-bond donors (Lipinski definition) is 1. The summed E-state index contributed by atoms with van der Waals surface area (Å²) in [6.45, 7) is 9.70. The van der Waals surface area contributed by atoms with Gasteiger partial charge in [0.2, 0.25) is 0 Å². The van der Waals surface area contributed by atoms with Crippen molar-refractivity contribution in [1.29, 1.82) is 0 Å². The highest BCUT2D eigenvalue weighted by molar-refractivity contribution is 4.93. The zero-order valence-corrected chi connectivity index (χ0v) is 12.8. The fraction of sp³-hybridized carbons (Fsp3) is 0.867. The van der Waals surface area contributed by atoms with E-state index in [2.05, 4.69) is 40.6 Å². The van der Waals surface area contributed by atoms with E-state index in [1.54, 1.807) is 0 Å². The first-order valence-electron chi connectivity index (χ1n) is 8.04. The van der Waals surface area contributed by atoms with E-state index in [-0.39, 0.29) is 0 Å². The Bertz CT molecular complexity index is 428. The zero-order chi connectivity index (χ0) is 13.9. The Labute approximate surface area is 121 Å². The minimum Gasteiger partial charge on any atom is -0.311 e. The maximum Gasteiger partial charge on any atom is 0.0964 e. The summed E-state index contributed by atoms with van der Waals surface area (Å²) >= 11 is 0. The topological polar surface area (TPSA) is 46.0 Å². The minimum atomic E-state index is 0.677. The molecule has 2 atom stereocenters. The Morgan fingerprint density at radius 1 is 1.35 bits per heavy atom. The van der Waals surface area contributed by atoms with E-state index in [4.69, 9.17) is 0 Å². The Morgan fingerprint density at radius 3 is 2.95 bits per heavy atom. The van der Waals surface area contributed by atoms with Gasteiger partial charge in [0.15, 0.2) is 0 Å². The number of nitrogens with one attached hydrogen (secondary N) is 1. The van der Waals surface area contributed by atoms with E-state index in [0.29, 0.717) is 5.92 Å². The second-order valence-electron chi connectivity index (χ2n) is 6.83. The third-order valence-electron chi connectivity index (χ3n) is 4.58. The van der Waals surface area contributed by atoms with Gasteiger partial charge in [-0.1, -0.05) is 19.1 Å². The molecule has 3 rings (SSSR count). The van der Waals surface area contributed by atoms with Gasteiger partial charge >= 0.3 is 0 Å². The van der Waals surface area contributed by atoms with Crippen molar-refractivity contribution < 1.29 is 0 Å². The summed E-state index contributed by atoms with van der Waals surface area (Å²) in [5.74, 6) is 1.65. The molecule has 112 valence electrons. The highest BCUT2D eigenvalue weighted by atomic mass is 15.4. The van der Waals surface area contributed by atoms with Crippen molar-refractivity contribution in [2.45, 2.75) is 52.2 Å². The first-order chi connectivity index (χ1) is 9.70. The zero-order valence-electron chi connectivity index (χ0n) is 12.8. The van der Waals surface area contributed by atoms with Crippen molar-refractivity contribution in [2.75, 3.05) is 19.6 Å². The molecule has 0 amide bonds. The predicted octanol–water partition coefficient (Wildman–Crippen LogP) is 1.51. The summed E-state index contributed by atoms with van der Waals surface area (Å²) in [5, 5.41) is 11.9. The molecule has 2 aliphatic rings.